The number of benzene rings is 3. The van der Waals surface area contributed by atoms with Crippen LogP contribution in [-0.2, 0) is 6.54 Å². The molecule has 0 aliphatic carbocycles. The molecule has 4 heteroatoms. The average molecular weight is 346 g/mol. The van der Waals surface area contributed by atoms with Crippen molar-refractivity contribution in [1.29, 1.82) is 0 Å². The third-order valence-corrected chi connectivity index (χ3v) is 5.06. The molecule has 1 aliphatic heterocycles. The number of piperazine rings is 1. The van der Waals surface area contributed by atoms with Gasteiger partial charge >= 0.3 is 0 Å². The van der Waals surface area contributed by atoms with E-state index in [4.69, 9.17) is 0 Å². The monoisotopic (exact) mass is 346 g/mol. The van der Waals surface area contributed by atoms with Gasteiger partial charge in [-0.25, -0.2) is 0 Å². The van der Waals surface area contributed by atoms with Gasteiger partial charge in [-0.05, 0) is 22.9 Å². The summed E-state index contributed by atoms with van der Waals surface area (Å²) in [5, 5.41) is 19.1. The second kappa shape index (κ2) is 7.58. The molecule has 0 aromatic heterocycles. The van der Waals surface area contributed by atoms with E-state index in [0.29, 0.717) is 0 Å². The van der Waals surface area contributed by atoms with Crippen molar-refractivity contribution in [2.24, 2.45) is 5.10 Å². The Hall–Kier alpha value is -2.85. The molecule has 1 aliphatic rings. The summed E-state index contributed by atoms with van der Waals surface area (Å²) in [6.45, 7) is 5.06. The van der Waals surface area contributed by atoms with Crippen LogP contribution >= 0.6 is 0 Å². The smallest absolute Gasteiger partial charge is 0.124 e. The number of fused-ring (bicyclic) bond motifs is 1. The highest BCUT2D eigenvalue weighted by Gasteiger charge is 2.19. The fourth-order valence-electron chi connectivity index (χ4n) is 3.56. The number of para-hydroxylation sites is 1. The van der Waals surface area contributed by atoms with Crippen molar-refractivity contribution in [3.05, 3.63) is 77.9 Å². The van der Waals surface area contributed by atoms with Gasteiger partial charge in [-0.2, -0.15) is 5.10 Å². The molecule has 0 saturated carbocycles. The number of hydrogen-bond acceptors (Lipinski definition) is 3. The Morgan fingerprint density at radius 1 is 0.923 bits per heavy atom. The van der Waals surface area contributed by atoms with Gasteiger partial charge in [0.15, 0.2) is 0 Å². The summed E-state index contributed by atoms with van der Waals surface area (Å²) >= 11 is 0. The predicted molar refractivity (Wildman–Crippen MR) is 106 cm³/mol. The van der Waals surface area contributed by atoms with Gasteiger partial charge in [0, 0.05) is 11.1 Å². The Balaban J connectivity index is 1.37. The van der Waals surface area contributed by atoms with Crippen LogP contribution in [0.2, 0.25) is 0 Å². The number of hydrogen-bond donors (Lipinski definition) is 2. The van der Waals surface area contributed by atoms with Gasteiger partial charge < -0.3 is 10.0 Å². The van der Waals surface area contributed by atoms with Crippen molar-refractivity contribution < 1.29 is 10.0 Å². The molecule has 1 heterocycles. The maximum atomic E-state index is 9.82. The zero-order valence-electron chi connectivity index (χ0n) is 14.8. The SMILES string of the molecule is Oc1ccccc1C=NN1CC[NH+](Cc2cccc3ccccc23)CC1. The van der Waals surface area contributed by atoms with Crippen LogP contribution in [0, 0.1) is 0 Å². The third-order valence-electron chi connectivity index (χ3n) is 5.06. The first-order chi connectivity index (χ1) is 12.8. The second-order valence-electron chi connectivity index (χ2n) is 6.82. The Bertz CT molecular complexity index is 909. The van der Waals surface area contributed by atoms with E-state index in [1.54, 1.807) is 17.2 Å². The number of quaternary nitrogens is 1. The standard InChI is InChI=1S/C22H23N3O/c26-22-11-4-2-7-19(22)16-23-25-14-12-24(13-15-25)17-20-9-5-8-18-6-1-3-10-21(18)20/h1-11,16,26H,12-15,17H2/p+1. The summed E-state index contributed by atoms with van der Waals surface area (Å²) in [6.07, 6.45) is 1.75. The second-order valence-corrected chi connectivity index (χ2v) is 6.82. The minimum Gasteiger partial charge on any atom is -0.507 e. The van der Waals surface area contributed by atoms with Crippen LogP contribution in [0.3, 0.4) is 0 Å². The highest BCUT2D eigenvalue weighted by molar-refractivity contribution is 5.85. The van der Waals surface area contributed by atoms with Crippen LogP contribution in [0.1, 0.15) is 11.1 Å². The van der Waals surface area contributed by atoms with Gasteiger partial charge in [0.1, 0.15) is 12.3 Å². The van der Waals surface area contributed by atoms with E-state index in [1.165, 1.54) is 16.3 Å². The molecule has 3 aromatic carbocycles. The van der Waals surface area contributed by atoms with Crippen LogP contribution in [0.4, 0.5) is 0 Å². The molecule has 4 rings (SSSR count). The summed E-state index contributed by atoms with van der Waals surface area (Å²) < 4.78 is 0. The number of phenolic OH excluding ortho intramolecular Hbond substituents is 1. The van der Waals surface area contributed by atoms with E-state index in [-0.39, 0.29) is 5.75 Å². The quantitative estimate of drug-likeness (QED) is 0.712. The molecule has 0 radical (unpaired) electrons. The minimum absolute atomic E-state index is 0.275. The Morgan fingerprint density at radius 2 is 1.65 bits per heavy atom. The molecule has 3 aromatic rings. The average Bonchev–Trinajstić information content (AvgIpc) is 2.69. The normalized spacial score (nSPS) is 15.8. The lowest BCUT2D eigenvalue weighted by atomic mass is 10.0. The largest absolute Gasteiger partial charge is 0.507 e. The number of phenols is 1. The maximum Gasteiger partial charge on any atom is 0.124 e. The molecule has 2 N–H and O–H groups in total. The minimum atomic E-state index is 0.275. The number of hydrazone groups is 1. The first-order valence-electron chi connectivity index (χ1n) is 9.17. The molecule has 132 valence electrons. The summed E-state index contributed by atoms with van der Waals surface area (Å²) in [5.41, 5.74) is 2.18. The molecule has 0 amide bonds. The molecule has 0 bridgehead atoms. The van der Waals surface area contributed by atoms with Crippen molar-refractivity contribution in [2.75, 3.05) is 26.2 Å². The Kier molecular flexibility index (Phi) is 4.84. The first-order valence-corrected chi connectivity index (χ1v) is 9.17. The number of nitrogens with zero attached hydrogens (tertiary/aromatic N) is 2. The van der Waals surface area contributed by atoms with Gasteiger partial charge in [-0.15, -0.1) is 0 Å². The van der Waals surface area contributed by atoms with Crippen LogP contribution in [0.25, 0.3) is 10.8 Å². The van der Waals surface area contributed by atoms with Crippen molar-refractivity contribution in [2.45, 2.75) is 6.54 Å². The van der Waals surface area contributed by atoms with Crippen molar-refractivity contribution in [3.63, 3.8) is 0 Å². The molecule has 4 nitrogen and oxygen atoms in total. The zero-order chi connectivity index (χ0) is 17.8. The Morgan fingerprint density at radius 3 is 2.50 bits per heavy atom. The van der Waals surface area contributed by atoms with Gasteiger partial charge in [0.05, 0.1) is 32.4 Å². The lowest BCUT2D eigenvalue weighted by Gasteiger charge is -2.30. The fraction of sp³-hybridized carbons (Fsp3) is 0.227. The fourth-order valence-corrected chi connectivity index (χ4v) is 3.56. The predicted octanol–water partition coefficient (Wildman–Crippen LogP) is 2.28. The molecule has 0 spiro atoms. The van der Waals surface area contributed by atoms with Crippen LogP contribution in [-0.4, -0.2) is 42.5 Å². The molecule has 0 unspecified atom stereocenters. The van der Waals surface area contributed by atoms with E-state index in [1.807, 2.05) is 18.2 Å². The molecule has 1 fully saturated rings. The van der Waals surface area contributed by atoms with E-state index in [9.17, 15) is 5.11 Å². The van der Waals surface area contributed by atoms with Crippen LogP contribution in [0.15, 0.2) is 71.8 Å². The Labute approximate surface area is 154 Å². The number of aromatic hydroxyl groups is 1. The van der Waals surface area contributed by atoms with Gasteiger partial charge in [0.2, 0.25) is 0 Å². The van der Waals surface area contributed by atoms with Crippen LogP contribution < -0.4 is 4.90 Å². The zero-order valence-corrected chi connectivity index (χ0v) is 14.8. The van der Waals surface area contributed by atoms with Gasteiger partial charge in [-0.1, -0.05) is 54.6 Å². The highest BCUT2D eigenvalue weighted by atomic mass is 16.3. The number of rotatable bonds is 4. The summed E-state index contributed by atoms with van der Waals surface area (Å²) in [6, 6.07) is 22.5. The number of nitrogens with one attached hydrogen (secondary N) is 1. The molecular weight excluding hydrogens is 322 g/mol. The van der Waals surface area contributed by atoms with E-state index in [0.717, 1.165) is 38.3 Å². The van der Waals surface area contributed by atoms with E-state index in [2.05, 4.69) is 52.6 Å². The lowest BCUT2D eigenvalue weighted by Crippen LogP contribution is -3.13. The summed E-state index contributed by atoms with van der Waals surface area (Å²) in [7, 11) is 0. The molecule has 0 atom stereocenters. The molecule has 1 saturated heterocycles. The molecular formula is C22H24N3O+. The summed E-state index contributed by atoms with van der Waals surface area (Å²) in [5.74, 6) is 0.275. The molecule has 26 heavy (non-hydrogen) atoms. The summed E-state index contributed by atoms with van der Waals surface area (Å²) in [4.78, 5) is 1.59. The van der Waals surface area contributed by atoms with Crippen molar-refractivity contribution in [1.82, 2.24) is 5.01 Å². The maximum absolute atomic E-state index is 9.82. The lowest BCUT2D eigenvalue weighted by molar-refractivity contribution is -0.918. The van der Waals surface area contributed by atoms with Gasteiger partial charge in [-0.3, -0.25) is 5.01 Å². The third kappa shape index (κ3) is 3.70. The topological polar surface area (TPSA) is 40.3 Å². The van der Waals surface area contributed by atoms with E-state index >= 15 is 0 Å². The first kappa shape index (κ1) is 16.6. The van der Waals surface area contributed by atoms with Crippen LogP contribution in [0.5, 0.6) is 5.75 Å². The van der Waals surface area contributed by atoms with Gasteiger partial charge in [0.25, 0.3) is 0 Å². The van der Waals surface area contributed by atoms with E-state index < -0.39 is 0 Å². The van der Waals surface area contributed by atoms with Crippen molar-refractivity contribution in [3.8, 4) is 5.75 Å². The highest BCUT2D eigenvalue weighted by Crippen LogP contribution is 2.17. The van der Waals surface area contributed by atoms with Crippen molar-refractivity contribution >= 4 is 17.0 Å².